The minimum absolute atomic E-state index is 0.280. The first-order chi connectivity index (χ1) is 5.73. The van der Waals surface area contributed by atoms with Crippen LogP contribution in [0.2, 0.25) is 0 Å². The molecule has 0 heterocycles. The highest BCUT2D eigenvalue weighted by molar-refractivity contribution is 5.05. The summed E-state index contributed by atoms with van der Waals surface area (Å²) in [6.07, 6.45) is 6.12. The molecule has 1 N–H and O–H groups in total. The smallest absolute Gasteiger partial charge is 0.0672 e. The van der Waals surface area contributed by atoms with E-state index in [9.17, 15) is 0 Å². The van der Waals surface area contributed by atoms with Crippen LogP contribution >= 0.6 is 0 Å². The van der Waals surface area contributed by atoms with Gasteiger partial charge in [0.1, 0.15) is 0 Å². The summed E-state index contributed by atoms with van der Waals surface area (Å²) in [7, 11) is 0. The summed E-state index contributed by atoms with van der Waals surface area (Å²) in [5, 5.41) is 12.5. The molecule has 2 rings (SSSR count). The van der Waals surface area contributed by atoms with Crippen molar-refractivity contribution in [3.05, 3.63) is 0 Å². The van der Waals surface area contributed by atoms with E-state index in [2.05, 4.69) is 18.3 Å². The van der Waals surface area contributed by atoms with Crippen LogP contribution in [0.3, 0.4) is 0 Å². The second-order valence-corrected chi connectivity index (χ2v) is 4.48. The Morgan fingerprint density at radius 3 is 2.75 bits per heavy atom. The third-order valence-corrected chi connectivity index (χ3v) is 3.22. The van der Waals surface area contributed by atoms with Crippen LogP contribution in [-0.2, 0) is 0 Å². The van der Waals surface area contributed by atoms with Crippen molar-refractivity contribution in [1.82, 2.24) is 5.32 Å². The zero-order valence-electron chi connectivity index (χ0n) is 7.64. The van der Waals surface area contributed by atoms with Crippen molar-refractivity contribution in [2.45, 2.75) is 50.6 Å². The highest BCUT2D eigenvalue weighted by Gasteiger charge is 2.41. The number of nitrogens with one attached hydrogen (secondary N) is 1. The molecule has 0 saturated heterocycles. The zero-order chi connectivity index (χ0) is 8.60. The lowest BCUT2D eigenvalue weighted by atomic mass is 10.0. The third kappa shape index (κ3) is 1.47. The van der Waals surface area contributed by atoms with Gasteiger partial charge in [0, 0.05) is 11.6 Å². The fraction of sp³-hybridized carbons (Fsp3) is 0.900. The summed E-state index contributed by atoms with van der Waals surface area (Å²) in [6, 6.07) is 2.89. The lowest BCUT2D eigenvalue weighted by molar-refractivity contribution is 0.399. The summed E-state index contributed by atoms with van der Waals surface area (Å²) in [5.74, 6) is 0.280. The van der Waals surface area contributed by atoms with Crippen LogP contribution in [-0.4, -0.2) is 11.6 Å². The van der Waals surface area contributed by atoms with Gasteiger partial charge in [0.25, 0.3) is 0 Å². The summed E-state index contributed by atoms with van der Waals surface area (Å²) in [4.78, 5) is 0. The largest absolute Gasteiger partial charge is 0.307 e. The number of nitriles is 1. The molecule has 0 amide bonds. The van der Waals surface area contributed by atoms with E-state index in [4.69, 9.17) is 5.26 Å². The molecule has 2 unspecified atom stereocenters. The molecular formula is C10H16N2. The fourth-order valence-corrected chi connectivity index (χ4v) is 2.07. The average molecular weight is 164 g/mol. The molecule has 0 radical (unpaired) electrons. The summed E-state index contributed by atoms with van der Waals surface area (Å²) in [5.41, 5.74) is 0.393. The SMILES string of the molecule is CC1(NC2CCCC2C#N)CC1. The van der Waals surface area contributed by atoms with Crippen LogP contribution in [0, 0.1) is 17.2 Å². The highest BCUT2D eigenvalue weighted by Crippen LogP contribution is 2.37. The molecule has 2 atom stereocenters. The van der Waals surface area contributed by atoms with Gasteiger partial charge in [0.05, 0.1) is 12.0 Å². The molecule has 0 aliphatic heterocycles. The number of hydrogen-bond donors (Lipinski definition) is 1. The molecule has 0 spiro atoms. The van der Waals surface area contributed by atoms with Crippen molar-refractivity contribution in [2.24, 2.45) is 5.92 Å². The van der Waals surface area contributed by atoms with Crippen LogP contribution in [0.25, 0.3) is 0 Å². The quantitative estimate of drug-likeness (QED) is 0.675. The monoisotopic (exact) mass is 164 g/mol. The molecule has 0 aromatic carbocycles. The topological polar surface area (TPSA) is 35.8 Å². The Morgan fingerprint density at radius 2 is 2.17 bits per heavy atom. The zero-order valence-corrected chi connectivity index (χ0v) is 7.64. The Morgan fingerprint density at radius 1 is 1.42 bits per heavy atom. The molecule has 2 saturated carbocycles. The van der Waals surface area contributed by atoms with E-state index in [1.54, 1.807) is 0 Å². The Kier molecular flexibility index (Phi) is 1.84. The molecule has 2 aliphatic rings. The Bertz CT molecular complexity index is 212. The van der Waals surface area contributed by atoms with Crippen molar-refractivity contribution in [1.29, 1.82) is 5.26 Å². The summed E-state index contributed by atoms with van der Waals surface area (Å²) in [6.45, 7) is 2.26. The predicted molar refractivity (Wildman–Crippen MR) is 47.5 cm³/mol. The first kappa shape index (κ1) is 8.07. The number of nitrogens with zero attached hydrogens (tertiary/aromatic N) is 1. The average Bonchev–Trinajstić information content (AvgIpc) is 2.64. The lowest BCUT2D eigenvalue weighted by Crippen LogP contribution is -2.39. The second-order valence-electron chi connectivity index (χ2n) is 4.48. The fourth-order valence-electron chi connectivity index (χ4n) is 2.07. The van der Waals surface area contributed by atoms with E-state index in [1.807, 2.05) is 0 Å². The van der Waals surface area contributed by atoms with Crippen molar-refractivity contribution in [2.75, 3.05) is 0 Å². The van der Waals surface area contributed by atoms with E-state index < -0.39 is 0 Å². The maximum atomic E-state index is 8.86. The molecule has 0 bridgehead atoms. The lowest BCUT2D eigenvalue weighted by Gasteiger charge is -2.20. The summed E-state index contributed by atoms with van der Waals surface area (Å²) < 4.78 is 0. The van der Waals surface area contributed by atoms with Crippen LogP contribution in [0.5, 0.6) is 0 Å². The highest BCUT2D eigenvalue weighted by atomic mass is 15.0. The van der Waals surface area contributed by atoms with Crippen molar-refractivity contribution in [3.63, 3.8) is 0 Å². The van der Waals surface area contributed by atoms with Crippen LogP contribution in [0.1, 0.15) is 39.0 Å². The van der Waals surface area contributed by atoms with Gasteiger partial charge in [0.15, 0.2) is 0 Å². The molecule has 66 valence electrons. The van der Waals surface area contributed by atoms with Crippen molar-refractivity contribution in [3.8, 4) is 6.07 Å². The summed E-state index contributed by atoms with van der Waals surface area (Å²) >= 11 is 0. The molecule has 12 heavy (non-hydrogen) atoms. The molecule has 2 nitrogen and oxygen atoms in total. The molecule has 0 aromatic rings. The van der Waals surface area contributed by atoms with Crippen molar-refractivity contribution >= 4 is 0 Å². The second kappa shape index (κ2) is 2.74. The molecule has 2 heteroatoms. The van der Waals surface area contributed by atoms with E-state index in [0.29, 0.717) is 11.6 Å². The van der Waals surface area contributed by atoms with Gasteiger partial charge in [-0.3, -0.25) is 0 Å². The Hall–Kier alpha value is -0.550. The van der Waals surface area contributed by atoms with Crippen LogP contribution in [0.15, 0.2) is 0 Å². The maximum absolute atomic E-state index is 8.86. The van der Waals surface area contributed by atoms with Crippen LogP contribution in [0.4, 0.5) is 0 Å². The first-order valence-electron chi connectivity index (χ1n) is 4.91. The van der Waals surface area contributed by atoms with Gasteiger partial charge in [-0.15, -0.1) is 0 Å². The molecule has 0 aromatic heterocycles. The maximum Gasteiger partial charge on any atom is 0.0672 e. The van der Waals surface area contributed by atoms with E-state index in [0.717, 1.165) is 6.42 Å². The normalized spacial score (nSPS) is 37.7. The van der Waals surface area contributed by atoms with E-state index >= 15 is 0 Å². The standard InChI is InChI=1S/C10H16N2/c1-10(5-6-10)12-9-4-2-3-8(9)7-11/h8-9,12H,2-6H2,1H3. The molecule has 2 aliphatic carbocycles. The van der Waals surface area contributed by atoms with Gasteiger partial charge in [0.2, 0.25) is 0 Å². The minimum Gasteiger partial charge on any atom is -0.307 e. The van der Waals surface area contributed by atoms with Gasteiger partial charge < -0.3 is 5.32 Å². The minimum atomic E-state index is 0.280. The van der Waals surface area contributed by atoms with Crippen LogP contribution < -0.4 is 5.32 Å². The van der Waals surface area contributed by atoms with Gasteiger partial charge in [-0.25, -0.2) is 0 Å². The first-order valence-corrected chi connectivity index (χ1v) is 4.91. The van der Waals surface area contributed by atoms with Gasteiger partial charge >= 0.3 is 0 Å². The van der Waals surface area contributed by atoms with Gasteiger partial charge in [-0.2, -0.15) is 5.26 Å². The van der Waals surface area contributed by atoms with Gasteiger partial charge in [-0.05, 0) is 32.6 Å². The Labute approximate surface area is 74.0 Å². The molecule has 2 fully saturated rings. The van der Waals surface area contributed by atoms with E-state index in [1.165, 1.54) is 25.7 Å². The number of hydrogen-bond acceptors (Lipinski definition) is 2. The third-order valence-electron chi connectivity index (χ3n) is 3.22. The number of rotatable bonds is 2. The van der Waals surface area contributed by atoms with E-state index in [-0.39, 0.29) is 5.92 Å². The Balaban J connectivity index is 1.91. The predicted octanol–water partition coefficient (Wildman–Crippen LogP) is 1.82. The van der Waals surface area contributed by atoms with Gasteiger partial charge in [-0.1, -0.05) is 6.42 Å². The van der Waals surface area contributed by atoms with Crippen molar-refractivity contribution < 1.29 is 0 Å². The molecular weight excluding hydrogens is 148 g/mol.